The summed E-state index contributed by atoms with van der Waals surface area (Å²) in [6.07, 6.45) is 4.55. The monoisotopic (exact) mass is 220 g/mol. The van der Waals surface area contributed by atoms with Gasteiger partial charge in [0, 0.05) is 5.92 Å². The van der Waals surface area contributed by atoms with Crippen LogP contribution in [0.25, 0.3) is 17.2 Å². The lowest BCUT2D eigenvalue weighted by Crippen LogP contribution is -1.95. The van der Waals surface area contributed by atoms with E-state index >= 15 is 0 Å². The summed E-state index contributed by atoms with van der Waals surface area (Å²) in [5.74, 6) is 0.485. The molecule has 0 amide bonds. The SMILES string of the molecule is Cc1cccc2c1C(C)C=Cc1ccccc1-2. The van der Waals surface area contributed by atoms with Crippen molar-refractivity contribution in [3.8, 4) is 11.1 Å². The van der Waals surface area contributed by atoms with E-state index in [1.807, 2.05) is 0 Å². The van der Waals surface area contributed by atoms with E-state index in [9.17, 15) is 0 Å². The summed E-state index contributed by atoms with van der Waals surface area (Å²) < 4.78 is 0. The first-order chi connectivity index (χ1) is 8.27. The minimum absolute atomic E-state index is 0.485. The van der Waals surface area contributed by atoms with Gasteiger partial charge in [-0.3, -0.25) is 0 Å². The Hall–Kier alpha value is -1.82. The van der Waals surface area contributed by atoms with Gasteiger partial charge in [-0.1, -0.05) is 61.5 Å². The molecule has 3 rings (SSSR count). The van der Waals surface area contributed by atoms with Crippen LogP contribution in [-0.2, 0) is 0 Å². The molecule has 0 N–H and O–H groups in total. The van der Waals surface area contributed by atoms with Gasteiger partial charge in [-0.25, -0.2) is 0 Å². The molecule has 0 saturated heterocycles. The predicted octanol–water partition coefficient (Wildman–Crippen LogP) is 4.79. The normalized spacial score (nSPS) is 17.2. The third-order valence-electron chi connectivity index (χ3n) is 3.59. The minimum atomic E-state index is 0.485. The van der Waals surface area contributed by atoms with Crippen LogP contribution in [0.3, 0.4) is 0 Å². The zero-order valence-corrected chi connectivity index (χ0v) is 10.3. The number of hydrogen-bond donors (Lipinski definition) is 0. The maximum atomic E-state index is 2.30. The molecule has 1 unspecified atom stereocenters. The third kappa shape index (κ3) is 1.61. The highest BCUT2D eigenvalue weighted by atomic mass is 14.2. The highest BCUT2D eigenvalue weighted by molar-refractivity contribution is 5.80. The largest absolute Gasteiger partial charge is 0.0766 e. The van der Waals surface area contributed by atoms with Crippen molar-refractivity contribution in [1.82, 2.24) is 0 Å². The average Bonchev–Trinajstić information content (AvgIpc) is 2.49. The second kappa shape index (κ2) is 3.89. The van der Waals surface area contributed by atoms with Crippen LogP contribution in [0.2, 0.25) is 0 Å². The second-order valence-electron chi connectivity index (χ2n) is 4.77. The van der Waals surface area contributed by atoms with E-state index in [0.717, 1.165) is 0 Å². The Kier molecular flexibility index (Phi) is 2.36. The van der Waals surface area contributed by atoms with Gasteiger partial charge >= 0.3 is 0 Å². The van der Waals surface area contributed by atoms with E-state index in [1.165, 1.54) is 27.8 Å². The van der Waals surface area contributed by atoms with E-state index in [1.54, 1.807) is 0 Å². The zero-order valence-electron chi connectivity index (χ0n) is 10.3. The molecule has 0 bridgehead atoms. The van der Waals surface area contributed by atoms with E-state index in [4.69, 9.17) is 0 Å². The summed E-state index contributed by atoms with van der Waals surface area (Å²) in [6.45, 7) is 4.48. The summed E-state index contributed by atoms with van der Waals surface area (Å²) in [5, 5.41) is 0. The fourth-order valence-corrected chi connectivity index (χ4v) is 2.75. The van der Waals surface area contributed by atoms with Crippen molar-refractivity contribution in [3.05, 3.63) is 65.2 Å². The fraction of sp³-hybridized carbons (Fsp3) is 0.176. The topological polar surface area (TPSA) is 0 Å². The minimum Gasteiger partial charge on any atom is -0.0766 e. The summed E-state index contributed by atoms with van der Waals surface area (Å²) >= 11 is 0. The van der Waals surface area contributed by atoms with E-state index in [-0.39, 0.29) is 0 Å². The Morgan fingerprint density at radius 3 is 2.53 bits per heavy atom. The molecule has 0 aliphatic heterocycles. The van der Waals surface area contributed by atoms with Crippen LogP contribution >= 0.6 is 0 Å². The van der Waals surface area contributed by atoms with Crippen molar-refractivity contribution < 1.29 is 0 Å². The Labute approximate surface area is 103 Å². The number of benzene rings is 2. The highest BCUT2D eigenvalue weighted by Gasteiger charge is 2.16. The molecule has 0 aromatic heterocycles. The molecule has 0 nitrogen and oxygen atoms in total. The number of hydrogen-bond acceptors (Lipinski definition) is 0. The van der Waals surface area contributed by atoms with Crippen molar-refractivity contribution in [1.29, 1.82) is 0 Å². The van der Waals surface area contributed by atoms with Gasteiger partial charge in [-0.2, -0.15) is 0 Å². The molecule has 1 aliphatic rings. The van der Waals surface area contributed by atoms with Gasteiger partial charge in [0.15, 0.2) is 0 Å². The van der Waals surface area contributed by atoms with Crippen LogP contribution in [0.1, 0.15) is 29.5 Å². The molecule has 84 valence electrons. The standard InChI is InChI=1S/C17H16/c1-12-6-5-9-16-15-8-4-3-7-14(15)11-10-13(2)17(12)16/h3-11,13H,1-2H3. The zero-order chi connectivity index (χ0) is 11.8. The highest BCUT2D eigenvalue weighted by Crippen LogP contribution is 2.37. The Morgan fingerprint density at radius 1 is 0.882 bits per heavy atom. The maximum Gasteiger partial charge on any atom is 0.000168 e. The van der Waals surface area contributed by atoms with Gasteiger partial charge in [0.25, 0.3) is 0 Å². The molecular formula is C17H16. The quantitative estimate of drug-likeness (QED) is 0.598. The first-order valence-corrected chi connectivity index (χ1v) is 6.14. The lowest BCUT2D eigenvalue weighted by Gasteiger charge is -2.15. The molecule has 0 saturated carbocycles. The number of aryl methyl sites for hydroxylation is 1. The number of allylic oxidation sites excluding steroid dienone is 1. The van der Waals surface area contributed by atoms with Gasteiger partial charge in [-0.15, -0.1) is 0 Å². The summed E-state index contributed by atoms with van der Waals surface area (Å²) in [7, 11) is 0. The van der Waals surface area contributed by atoms with Crippen molar-refractivity contribution in [2.75, 3.05) is 0 Å². The number of rotatable bonds is 0. The van der Waals surface area contributed by atoms with Crippen LogP contribution in [0.15, 0.2) is 48.5 Å². The van der Waals surface area contributed by atoms with Gasteiger partial charge in [0.2, 0.25) is 0 Å². The second-order valence-corrected chi connectivity index (χ2v) is 4.77. The molecule has 2 aromatic rings. The predicted molar refractivity (Wildman–Crippen MR) is 74.1 cm³/mol. The van der Waals surface area contributed by atoms with Crippen molar-refractivity contribution in [2.45, 2.75) is 19.8 Å². The average molecular weight is 220 g/mol. The van der Waals surface area contributed by atoms with E-state index in [2.05, 4.69) is 68.5 Å². The molecule has 0 fully saturated rings. The smallest absolute Gasteiger partial charge is 0.000168 e. The Bertz CT molecular complexity index is 591. The molecule has 17 heavy (non-hydrogen) atoms. The van der Waals surface area contributed by atoms with Crippen molar-refractivity contribution in [2.24, 2.45) is 0 Å². The van der Waals surface area contributed by atoms with Crippen LogP contribution in [-0.4, -0.2) is 0 Å². The lowest BCUT2D eigenvalue weighted by molar-refractivity contribution is 0.963. The van der Waals surface area contributed by atoms with Gasteiger partial charge in [0.1, 0.15) is 0 Å². The number of fused-ring (bicyclic) bond motifs is 3. The van der Waals surface area contributed by atoms with Crippen LogP contribution in [0.4, 0.5) is 0 Å². The molecule has 1 aliphatic carbocycles. The molecule has 0 spiro atoms. The van der Waals surface area contributed by atoms with Crippen LogP contribution in [0.5, 0.6) is 0 Å². The van der Waals surface area contributed by atoms with E-state index in [0.29, 0.717) is 5.92 Å². The molecule has 0 heterocycles. The van der Waals surface area contributed by atoms with Gasteiger partial charge in [-0.05, 0) is 34.7 Å². The first kappa shape index (κ1) is 10.3. The third-order valence-corrected chi connectivity index (χ3v) is 3.59. The first-order valence-electron chi connectivity index (χ1n) is 6.14. The molecule has 2 aromatic carbocycles. The lowest BCUT2D eigenvalue weighted by atomic mass is 9.89. The van der Waals surface area contributed by atoms with Crippen LogP contribution < -0.4 is 0 Å². The molecular weight excluding hydrogens is 204 g/mol. The molecule has 0 radical (unpaired) electrons. The summed E-state index contributed by atoms with van der Waals surface area (Å²) in [5.41, 5.74) is 6.92. The van der Waals surface area contributed by atoms with Crippen molar-refractivity contribution >= 4 is 6.08 Å². The summed E-state index contributed by atoms with van der Waals surface area (Å²) in [4.78, 5) is 0. The Balaban J connectivity index is 2.38. The summed E-state index contributed by atoms with van der Waals surface area (Å²) in [6, 6.07) is 15.2. The van der Waals surface area contributed by atoms with Gasteiger partial charge < -0.3 is 0 Å². The fourth-order valence-electron chi connectivity index (χ4n) is 2.75. The molecule has 1 atom stereocenters. The van der Waals surface area contributed by atoms with Gasteiger partial charge in [0.05, 0.1) is 0 Å². The van der Waals surface area contributed by atoms with E-state index < -0.39 is 0 Å². The molecule has 0 heteroatoms. The van der Waals surface area contributed by atoms with Crippen LogP contribution in [0, 0.1) is 6.92 Å². The van der Waals surface area contributed by atoms with Crippen molar-refractivity contribution in [3.63, 3.8) is 0 Å². The maximum absolute atomic E-state index is 2.30. The Morgan fingerprint density at radius 2 is 1.65 bits per heavy atom.